The van der Waals surface area contributed by atoms with E-state index in [-0.39, 0.29) is 34.3 Å². The second kappa shape index (κ2) is 4.94. The second-order valence-corrected chi connectivity index (χ2v) is 7.45. The Morgan fingerprint density at radius 2 is 1.80 bits per heavy atom. The highest BCUT2D eigenvalue weighted by Crippen LogP contribution is 2.55. The summed E-state index contributed by atoms with van der Waals surface area (Å²) in [6, 6.07) is 2.61. The van der Waals surface area contributed by atoms with Crippen molar-refractivity contribution in [2.45, 2.75) is 30.7 Å². The molecular formula is C19H17N2O4-. The van der Waals surface area contributed by atoms with Crippen molar-refractivity contribution in [3.8, 4) is 0 Å². The van der Waals surface area contributed by atoms with Gasteiger partial charge in [0, 0.05) is 36.2 Å². The molecule has 0 saturated carbocycles. The van der Waals surface area contributed by atoms with E-state index in [1.54, 1.807) is 12.1 Å². The lowest BCUT2D eigenvalue weighted by Gasteiger charge is -2.51. The normalized spacial score (nSPS) is 33.8. The van der Waals surface area contributed by atoms with Gasteiger partial charge in [-0.05, 0) is 35.8 Å². The van der Waals surface area contributed by atoms with Crippen LogP contribution in [0.3, 0.4) is 0 Å². The Labute approximate surface area is 144 Å². The number of hydrogen-bond donors (Lipinski definition) is 0. The maximum absolute atomic E-state index is 12.0. The van der Waals surface area contributed by atoms with Gasteiger partial charge in [0.2, 0.25) is 0 Å². The summed E-state index contributed by atoms with van der Waals surface area (Å²) in [5.74, 6) is -0.838. The zero-order valence-electron chi connectivity index (χ0n) is 13.5. The molecule has 0 saturated heterocycles. The van der Waals surface area contributed by atoms with Crippen LogP contribution in [-0.2, 0) is 4.79 Å². The van der Waals surface area contributed by atoms with Crippen molar-refractivity contribution in [2.75, 3.05) is 11.4 Å². The van der Waals surface area contributed by atoms with E-state index in [0.717, 1.165) is 23.2 Å². The third kappa shape index (κ3) is 1.88. The first kappa shape index (κ1) is 14.7. The van der Waals surface area contributed by atoms with E-state index in [1.807, 2.05) is 17.1 Å². The minimum Gasteiger partial charge on any atom is -0.548 e. The molecule has 0 fully saturated rings. The topological polar surface area (TPSA) is 86.5 Å². The summed E-state index contributed by atoms with van der Waals surface area (Å²) in [6.45, 7) is 0.664. The van der Waals surface area contributed by atoms with E-state index < -0.39 is 12.0 Å². The smallest absolute Gasteiger partial charge is 0.270 e. The summed E-state index contributed by atoms with van der Waals surface area (Å²) < 4.78 is 0. The molecule has 0 spiro atoms. The SMILES string of the molecule is O=C([O-])[C@@H]1[C@H]2CC=C[C@@H]2c2cc([N+](=O)[O-])cc3c2N1C[C@@H]1CC=C[C@H]31. The summed E-state index contributed by atoms with van der Waals surface area (Å²) in [5.41, 5.74) is 2.79. The number of nitro groups is 1. The summed E-state index contributed by atoms with van der Waals surface area (Å²) >= 11 is 0. The fourth-order valence-electron chi connectivity index (χ4n) is 5.32. The Morgan fingerprint density at radius 1 is 1.12 bits per heavy atom. The molecule has 4 aliphatic rings. The predicted octanol–water partition coefficient (Wildman–Crippen LogP) is 1.87. The molecule has 0 unspecified atom stereocenters. The highest BCUT2D eigenvalue weighted by Gasteiger charge is 2.48. The van der Waals surface area contributed by atoms with Gasteiger partial charge in [-0.2, -0.15) is 0 Å². The molecule has 6 nitrogen and oxygen atoms in total. The number of benzene rings is 1. The molecule has 1 aromatic rings. The zero-order valence-corrected chi connectivity index (χ0v) is 13.5. The van der Waals surface area contributed by atoms with Crippen LogP contribution in [0.15, 0.2) is 36.4 Å². The molecule has 1 aromatic carbocycles. The van der Waals surface area contributed by atoms with Crippen LogP contribution in [0.5, 0.6) is 0 Å². The summed E-state index contributed by atoms with van der Waals surface area (Å²) in [7, 11) is 0. The van der Waals surface area contributed by atoms with E-state index in [1.165, 1.54) is 0 Å². The number of anilines is 1. The van der Waals surface area contributed by atoms with Crippen molar-refractivity contribution >= 4 is 17.3 Å². The Morgan fingerprint density at radius 3 is 2.52 bits per heavy atom. The van der Waals surface area contributed by atoms with E-state index in [9.17, 15) is 20.0 Å². The van der Waals surface area contributed by atoms with Gasteiger partial charge in [-0.15, -0.1) is 0 Å². The summed E-state index contributed by atoms with van der Waals surface area (Å²) in [5, 5.41) is 23.4. The third-order valence-electron chi connectivity index (χ3n) is 6.29. The van der Waals surface area contributed by atoms with E-state index in [2.05, 4.69) is 12.2 Å². The fraction of sp³-hybridized carbons (Fsp3) is 0.421. The molecule has 128 valence electrons. The van der Waals surface area contributed by atoms with Crippen LogP contribution in [-0.4, -0.2) is 23.5 Å². The number of hydrogen-bond acceptors (Lipinski definition) is 5. The second-order valence-electron chi connectivity index (χ2n) is 7.45. The van der Waals surface area contributed by atoms with Crippen LogP contribution < -0.4 is 10.0 Å². The number of fused-ring (bicyclic) bond motifs is 4. The van der Waals surface area contributed by atoms with Crippen LogP contribution >= 0.6 is 0 Å². The van der Waals surface area contributed by atoms with Crippen molar-refractivity contribution in [1.29, 1.82) is 0 Å². The molecule has 5 atom stereocenters. The third-order valence-corrected chi connectivity index (χ3v) is 6.29. The van der Waals surface area contributed by atoms with Crippen molar-refractivity contribution in [3.05, 3.63) is 57.7 Å². The maximum atomic E-state index is 12.0. The number of nitrogens with zero attached hydrogens (tertiary/aromatic N) is 2. The van der Waals surface area contributed by atoms with Crippen LogP contribution in [0, 0.1) is 22.0 Å². The van der Waals surface area contributed by atoms with Crippen LogP contribution in [0.25, 0.3) is 0 Å². The van der Waals surface area contributed by atoms with Crippen LogP contribution in [0.4, 0.5) is 11.4 Å². The highest BCUT2D eigenvalue weighted by molar-refractivity contribution is 5.83. The first-order chi connectivity index (χ1) is 12.1. The lowest BCUT2D eigenvalue weighted by Crippen LogP contribution is -2.58. The minimum atomic E-state index is -1.04. The standard InChI is InChI=1S/C19H18N2O4/c22-19(23)18-14-6-2-5-13(14)16-8-11(21(24)25)7-15-12-4-1-3-10(12)9-20(18)17(15)16/h1-2,4-5,7-8,10,12-14,18H,3,6,9H2,(H,22,23)/p-1/t10-,12-,13-,14-,18-/m0/s1. The Bertz CT molecular complexity index is 842. The molecule has 0 N–H and O–H groups in total. The van der Waals surface area contributed by atoms with Gasteiger partial charge in [-0.1, -0.05) is 24.3 Å². The highest BCUT2D eigenvalue weighted by atomic mass is 16.6. The van der Waals surface area contributed by atoms with Gasteiger partial charge in [-0.25, -0.2) is 0 Å². The zero-order chi connectivity index (χ0) is 17.3. The van der Waals surface area contributed by atoms with Crippen LogP contribution in [0.2, 0.25) is 0 Å². The number of allylic oxidation sites excluding steroid dienone is 4. The van der Waals surface area contributed by atoms with Crippen molar-refractivity contribution in [1.82, 2.24) is 0 Å². The minimum absolute atomic E-state index is 0.0882. The largest absolute Gasteiger partial charge is 0.548 e. The average Bonchev–Trinajstić information content (AvgIpc) is 3.23. The number of carbonyl (C=O) groups is 1. The number of aliphatic carboxylic acids is 1. The van der Waals surface area contributed by atoms with Gasteiger partial charge in [0.15, 0.2) is 0 Å². The first-order valence-corrected chi connectivity index (χ1v) is 8.69. The Kier molecular flexibility index (Phi) is 2.90. The monoisotopic (exact) mass is 337 g/mol. The van der Waals surface area contributed by atoms with Crippen molar-refractivity contribution < 1.29 is 14.8 Å². The molecule has 5 rings (SSSR count). The van der Waals surface area contributed by atoms with Crippen LogP contribution in [0.1, 0.15) is 35.8 Å². The molecule has 0 amide bonds. The first-order valence-electron chi connectivity index (χ1n) is 8.69. The fourth-order valence-corrected chi connectivity index (χ4v) is 5.32. The molecule has 2 aliphatic carbocycles. The quantitative estimate of drug-likeness (QED) is 0.467. The average molecular weight is 337 g/mol. The molecule has 6 heteroatoms. The number of carbonyl (C=O) groups excluding carboxylic acids is 1. The lowest BCUT2D eigenvalue weighted by atomic mass is 9.72. The molecule has 2 aliphatic heterocycles. The number of non-ortho nitro benzene ring substituents is 1. The van der Waals surface area contributed by atoms with E-state index >= 15 is 0 Å². The Hall–Kier alpha value is -2.63. The van der Waals surface area contributed by atoms with Gasteiger partial charge >= 0.3 is 0 Å². The Balaban J connectivity index is 1.79. The lowest BCUT2D eigenvalue weighted by molar-refractivity contribution is -0.385. The predicted molar refractivity (Wildman–Crippen MR) is 89.2 cm³/mol. The number of carboxylic acids is 1. The summed E-state index contributed by atoms with van der Waals surface area (Å²) in [4.78, 5) is 25.1. The van der Waals surface area contributed by atoms with Crippen molar-refractivity contribution in [2.24, 2.45) is 11.8 Å². The summed E-state index contributed by atoms with van der Waals surface area (Å²) in [6.07, 6.45) is 9.78. The van der Waals surface area contributed by atoms with E-state index in [0.29, 0.717) is 13.0 Å². The van der Waals surface area contributed by atoms with Gasteiger partial charge in [-0.3, -0.25) is 10.1 Å². The van der Waals surface area contributed by atoms with Gasteiger partial charge in [0.05, 0.1) is 16.9 Å². The van der Waals surface area contributed by atoms with E-state index in [4.69, 9.17) is 0 Å². The number of carboxylic acid groups (broad SMARTS) is 1. The molecule has 0 radical (unpaired) electrons. The molecule has 25 heavy (non-hydrogen) atoms. The van der Waals surface area contributed by atoms with Gasteiger partial charge < -0.3 is 14.8 Å². The molecule has 2 heterocycles. The molecular weight excluding hydrogens is 320 g/mol. The number of rotatable bonds is 2. The maximum Gasteiger partial charge on any atom is 0.270 e. The number of nitro benzene ring substituents is 1. The molecule has 0 bridgehead atoms. The molecule has 0 aromatic heterocycles. The van der Waals surface area contributed by atoms with Gasteiger partial charge in [0.25, 0.3) is 5.69 Å². The van der Waals surface area contributed by atoms with Crippen molar-refractivity contribution in [3.63, 3.8) is 0 Å². The van der Waals surface area contributed by atoms with Gasteiger partial charge in [0.1, 0.15) is 0 Å².